The Labute approximate surface area is 172 Å². The van der Waals surface area contributed by atoms with Crippen LogP contribution in [0.25, 0.3) is 0 Å². The Kier molecular flexibility index (Phi) is 9.34. The molecule has 7 heteroatoms. The van der Waals surface area contributed by atoms with Crippen molar-refractivity contribution in [1.29, 1.82) is 0 Å². The molecule has 0 spiro atoms. The minimum absolute atomic E-state index is 0. The highest BCUT2D eigenvalue weighted by atomic mass is 127. The molecule has 0 unspecified atom stereocenters. The summed E-state index contributed by atoms with van der Waals surface area (Å²) in [5.74, 6) is 1.82. The summed E-state index contributed by atoms with van der Waals surface area (Å²) in [7, 11) is 3.77. The van der Waals surface area contributed by atoms with E-state index in [-0.39, 0.29) is 24.0 Å². The number of thioether (sulfide) groups is 1. The van der Waals surface area contributed by atoms with E-state index < -0.39 is 0 Å². The number of benzene rings is 1. The predicted octanol–water partition coefficient (Wildman–Crippen LogP) is 3.42. The molecule has 0 aliphatic rings. The standard InChI is InChI=1S/C18H27N5S.HI/c1-13-6-8-16(9-7-13)24-11-10-20-18(19-4)21-12-17-14(2)22-23(5)15(17)3;/h6-9H,10-12H2,1-5H3,(H2,19,20,21);1H. The quantitative estimate of drug-likeness (QED) is 0.222. The van der Waals surface area contributed by atoms with Crippen LogP contribution in [-0.4, -0.2) is 35.1 Å². The van der Waals surface area contributed by atoms with Crippen LogP contribution < -0.4 is 10.6 Å². The van der Waals surface area contributed by atoms with Crippen molar-refractivity contribution in [3.8, 4) is 0 Å². The van der Waals surface area contributed by atoms with E-state index in [1.54, 1.807) is 7.05 Å². The molecule has 1 aromatic carbocycles. The Morgan fingerprint density at radius 3 is 2.40 bits per heavy atom. The second-order valence-corrected chi connectivity index (χ2v) is 6.96. The van der Waals surface area contributed by atoms with Crippen LogP contribution in [0.1, 0.15) is 22.5 Å². The van der Waals surface area contributed by atoms with Gasteiger partial charge < -0.3 is 10.6 Å². The first-order valence-corrected chi connectivity index (χ1v) is 9.13. The average Bonchev–Trinajstić information content (AvgIpc) is 2.81. The molecule has 0 saturated heterocycles. The lowest BCUT2D eigenvalue weighted by Gasteiger charge is -2.12. The van der Waals surface area contributed by atoms with Gasteiger partial charge >= 0.3 is 0 Å². The number of halogens is 1. The van der Waals surface area contributed by atoms with Crippen LogP contribution in [0, 0.1) is 20.8 Å². The molecule has 0 fully saturated rings. The minimum Gasteiger partial charge on any atom is -0.356 e. The Hall–Kier alpha value is -1.22. The van der Waals surface area contributed by atoms with Crippen LogP contribution in [0.2, 0.25) is 0 Å². The number of guanidine groups is 1. The maximum atomic E-state index is 4.44. The predicted molar refractivity (Wildman–Crippen MR) is 118 cm³/mol. The van der Waals surface area contributed by atoms with Gasteiger partial charge in [0.2, 0.25) is 0 Å². The first-order chi connectivity index (χ1) is 11.5. The van der Waals surface area contributed by atoms with Gasteiger partial charge in [0.1, 0.15) is 0 Å². The van der Waals surface area contributed by atoms with Gasteiger partial charge in [-0.3, -0.25) is 9.67 Å². The van der Waals surface area contributed by atoms with Gasteiger partial charge in [0.05, 0.1) is 5.69 Å². The Morgan fingerprint density at radius 1 is 1.16 bits per heavy atom. The second kappa shape index (κ2) is 10.7. The number of aromatic nitrogens is 2. The van der Waals surface area contributed by atoms with Gasteiger partial charge in [0, 0.05) is 49.1 Å². The lowest BCUT2D eigenvalue weighted by atomic mass is 10.2. The topological polar surface area (TPSA) is 54.2 Å². The molecule has 0 amide bonds. The van der Waals surface area contributed by atoms with E-state index in [9.17, 15) is 0 Å². The normalized spacial score (nSPS) is 11.2. The fraction of sp³-hybridized carbons (Fsp3) is 0.444. The van der Waals surface area contributed by atoms with Crippen molar-refractivity contribution in [2.24, 2.45) is 12.0 Å². The molecule has 25 heavy (non-hydrogen) atoms. The Bertz CT molecular complexity index is 694. The molecule has 0 saturated carbocycles. The summed E-state index contributed by atoms with van der Waals surface area (Å²) in [4.78, 5) is 5.58. The summed E-state index contributed by atoms with van der Waals surface area (Å²) in [6.45, 7) is 7.83. The van der Waals surface area contributed by atoms with Crippen molar-refractivity contribution < 1.29 is 0 Å². The van der Waals surface area contributed by atoms with Crippen LogP contribution in [0.3, 0.4) is 0 Å². The SMILES string of the molecule is CN=C(NCCSc1ccc(C)cc1)NCc1c(C)nn(C)c1C.I. The first-order valence-electron chi connectivity index (χ1n) is 8.14. The van der Waals surface area contributed by atoms with E-state index in [4.69, 9.17) is 0 Å². The minimum atomic E-state index is 0. The lowest BCUT2D eigenvalue weighted by molar-refractivity contribution is 0.729. The number of aliphatic imine (C=N–C) groups is 1. The number of hydrogen-bond donors (Lipinski definition) is 2. The molecule has 0 aliphatic carbocycles. The summed E-state index contributed by atoms with van der Waals surface area (Å²) < 4.78 is 1.92. The molecule has 2 rings (SSSR count). The highest BCUT2D eigenvalue weighted by Gasteiger charge is 2.09. The smallest absolute Gasteiger partial charge is 0.191 e. The van der Waals surface area contributed by atoms with Gasteiger partial charge in [-0.05, 0) is 32.9 Å². The van der Waals surface area contributed by atoms with Gasteiger partial charge in [0.15, 0.2) is 5.96 Å². The summed E-state index contributed by atoms with van der Waals surface area (Å²) in [6.07, 6.45) is 0. The number of hydrogen-bond acceptors (Lipinski definition) is 3. The summed E-state index contributed by atoms with van der Waals surface area (Å²) in [5, 5.41) is 11.2. The molecule has 1 aromatic heterocycles. The molecular weight excluding hydrogens is 445 g/mol. The average molecular weight is 473 g/mol. The van der Waals surface area contributed by atoms with Crippen LogP contribution in [0.15, 0.2) is 34.2 Å². The van der Waals surface area contributed by atoms with E-state index in [1.807, 2.05) is 30.4 Å². The molecule has 1 heterocycles. The van der Waals surface area contributed by atoms with Crippen molar-refractivity contribution in [2.45, 2.75) is 32.2 Å². The number of rotatable bonds is 6. The van der Waals surface area contributed by atoms with E-state index in [1.165, 1.54) is 21.7 Å². The van der Waals surface area contributed by atoms with Gasteiger partial charge in [0.25, 0.3) is 0 Å². The van der Waals surface area contributed by atoms with Crippen molar-refractivity contribution in [1.82, 2.24) is 20.4 Å². The lowest BCUT2D eigenvalue weighted by Crippen LogP contribution is -2.38. The molecule has 0 radical (unpaired) electrons. The van der Waals surface area contributed by atoms with Gasteiger partial charge in [-0.2, -0.15) is 5.10 Å². The Balaban J connectivity index is 0.00000312. The number of aryl methyl sites for hydroxylation is 3. The summed E-state index contributed by atoms with van der Waals surface area (Å²) in [5.41, 5.74) is 4.77. The zero-order valence-electron chi connectivity index (χ0n) is 15.6. The summed E-state index contributed by atoms with van der Waals surface area (Å²) in [6, 6.07) is 8.63. The van der Waals surface area contributed by atoms with Crippen LogP contribution >= 0.6 is 35.7 Å². The zero-order valence-corrected chi connectivity index (χ0v) is 18.7. The molecule has 2 aromatic rings. The molecule has 2 N–H and O–H groups in total. The first kappa shape index (κ1) is 21.8. The largest absolute Gasteiger partial charge is 0.356 e. The van der Waals surface area contributed by atoms with Gasteiger partial charge in [-0.25, -0.2) is 0 Å². The zero-order chi connectivity index (χ0) is 17.5. The number of nitrogens with one attached hydrogen (secondary N) is 2. The molecule has 138 valence electrons. The van der Waals surface area contributed by atoms with E-state index >= 15 is 0 Å². The highest BCUT2D eigenvalue weighted by Crippen LogP contribution is 2.17. The van der Waals surface area contributed by atoms with Crippen molar-refractivity contribution >= 4 is 41.7 Å². The number of nitrogens with zero attached hydrogens (tertiary/aromatic N) is 3. The maximum Gasteiger partial charge on any atom is 0.191 e. The molecule has 0 atom stereocenters. The Morgan fingerprint density at radius 2 is 1.84 bits per heavy atom. The van der Waals surface area contributed by atoms with E-state index in [0.717, 1.165) is 30.5 Å². The highest BCUT2D eigenvalue weighted by molar-refractivity contribution is 14.0. The molecule has 5 nitrogen and oxygen atoms in total. The molecular formula is C18H28IN5S. The van der Waals surface area contributed by atoms with Crippen LogP contribution in [-0.2, 0) is 13.6 Å². The third kappa shape index (κ3) is 6.54. The monoisotopic (exact) mass is 473 g/mol. The second-order valence-electron chi connectivity index (χ2n) is 5.79. The van der Waals surface area contributed by atoms with Crippen LogP contribution in [0.4, 0.5) is 0 Å². The molecule has 0 bridgehead atoms. The van der Waals surface area contributed by atoms with E-state index in [2.05, 4.69) is 58.8 Å². The van der Waals surface area contributed by atoms with Crippen molar-refractivity contribution in [3.63, 3.8) is 0 Å². The third-order valence-electron chi connectivity index (χ3n) is 4.00. The maximum absolute atomic E-state index is 4.44. The van der Waals surface area contributed by atoms with Gasteiger partial charge in [-0.1, -0.05) is 17.7 Å². The fourth-order valence-corrected chi connectivity index (χ4v) is 3.21. The van der Waals surface area contributed by atoms with E-state index in [0.29, 0.717) is 0 Å². The van der Waals surface area contributed by atoms with Crippen molar-refractivity contribution in [3.05, 3.63) is 46.8 Å². The van der Waals surface area contributed by atoms with Crippen molar-refractivity contribution in [2.75, 3.05) is 19.3 Å². The van der Waals surface area contributed by atoms with Crippen LogP contribution in [0.5, 0.6) is 0 Å². The fourth-order valence-electron chi connectivity index (χ4n) is 2.44. The third-order valence-corrected chi connectivity index (χ3v) is 5.01. The summed E-state index contributed by atoms with van der Waals surface area (Å²) >= 11 is 1.85. The van der Waals surface area contributed by atoms with Gasteiger partial charge in [-0.15, -0.1) is 35.7 Å². The molecule has 0 aliphatic heterocycles.